The number of rotatable bonds is 3. The number of alkyl carbamates (subject to hydrolysis) is 1. The standard InChI is InChI=1S/C16H27N3O5/c1-14(2,3)23-12(21)18-16(7,10-20)11-17-8-9-19(11)13(22)24-15(4,5)6/h8-9,20H,10H2,1-7H3,(H,18,21). The summed E-state index contributed by atoms with van der Waals surface area (Å²) in [5.74, 6) is 0.144. The van der Waals surface area contributed by atoms with Crippen LogP contribution < -0.4 is 5.32 Å². The van der Waals surface area contributed by atoms with Crippen LogP contribution in [0.5, 0.6) is 0 Å². The average Bonchev–Trinajstić information content (AvgIpc) is 2.83. The minimum Gasteiger partial charge on any atom is -0.444 e. The van der Waals surface area contributed by atoms with Crippen molar-refractivity contribution in [3.63, 3.8) is 0 Å². The molecule has 0 spiro atoms. The maximum Gasteiger partial charge on any atom is 0.420 e. The second-order valence-electron chi connectivity index (χ2n) is 7.72. The molecular formula is C16H27N3O5. The van der Waals surface area contributed by atoms with Gasteiger partial charge < -0.3 is 19.9 Å². The second-order valence-corrected chi connectivity index (χ2v) is 7.72. The first kappa shape index (κ1) is 20.0. The van der Waals surface area contributed by atoms with E-state index < -0.39 is 35.5 Å². The zero-order valence-corrected chi connectivity index (χ0v) is 15.3. The van der Waals surface area contributed by atoms with Gasteiger partial charge in [-0.2, -0.15) is 0 Å². The third-order valence-electron chi connectivity index (χ3n) is 2.82. The number of hydrogen-bond acceptors (Lipinski definition) is 6. The van der Waals surface area contributed by atoms with Crippen LogP contribution in [0.4, 0.5) is 9.59 Å². The van der Waals surface area contributed by atoms with E-state index in [1.165, 1.54) is 12.4 Å². The highest BCUT2D eigenvalue weighted by Crippen LogP contribution is 2.21. The van der Waals surface area contributed by atoms with Crippen molar-refractivity contribution >= 4 is 12.2 Å². The third-order valence-corrected chi connectivity index (χ3v) is 2.82. The van der Waals surface area contributed by atoms with Gasteiger partial charge in [-0.05, 0) is 48.5 Å². The first-order chi connectivity index (χ1) is 10.8. The topological polar surface area (TPSA) is 103 Å². The molecule has 1 unspecified atom stereocenters. The lowest BCUT2D eigenvalue weighted by molar-refractivity contribution is 0.0372. The Morgan fingerprint density at radius 1 is 1.12 bits per heavy atom. The number of ether oxygens (including phenoxy) is 2. The van der Waals surface area contributed by atoms with Gasteiger partial charge in [-0.15, -0.1) is 0 Å². The summed E-state index contributed by atoms with van der Waals surface area (Å²) in [6.45, 7) is 11.5. The summed E-state index contributed by atoms with van der Waals surface area (Å²) in [4.78, 5) is 28.4. The Kier molecular flexibility index (Phi) is 5.66. The first-order valence-electron chi connectivity index (χ1n) is 7.67. The maximum absolute atomic E-state index is 12.3. The normalized spacial score (nSPS) is 14.7. The fraction of sp³-hybridized carbons (Fsp3) is 0.688. The Labute approximate surface area is 142 Å². The highest BCUT2D eigenvalue weighted by Gasteiger charge is 2.36. The van der Waals surface area contributed by atoms with Gasteiger partial charge in [0.2, 0.25) is 0 Å². The van der Waals surface area contributed by atoms with Crippen molar-refractivity contribution in [1.82, 2.24) is 14.9 Å². The van der Waals surface area contributed by atoms with E-state index in [1.54, 1.807) is 48.5 Å². The van der Waals surface area contributed by atoms with E-state index in [0.29, 0.717) is 0 Å². The summed E-state index contributed by atoms with van der Waals surface area (Å²) >= 11 is 0. The minimum absolute atomic E-state index is 0.144. The van der Waals surface area contributed by atoms with Gasteiger partial charge in [0.05, 0.1) is 6.61 Å². The summed E-state index contributed by atoms with van der Waals surface area (Å²) in [7, 11) is 0. The van der Waals surface area contributed by atoms with E-state index in [0.717, 1.165) is 4.57 Å². The van der Waals surface area contributed by atoms with Crippen LogP contribution in [0, 0.1) is 0 Å². The molecule has 1 heterocycles. The molecule has 1 aromatic heterocycles. The minimum atomic E-state index is -1.32. The Morgan fingerprint density at radius 3 is 2.12 bits per heavy atom. The van der Waals surface area contributed by atoms with Gasteiger partial charge >= 0.3 is 12.2 Å². The van der Waals surface area contributed by atoms with Gasteiger partial charge in [0.25, 0.3) is 0 Å². The number of amides is 1. The summed E-state index contributed by atoms with van der Waals surface area (Å²) in [5.41, 5.74) is -2.70. The van der Waals surface area contributed by atoms with Crippen LogP contribution in [-0.2, 0) is 15.0 Å². The zero-order chi connectivity index (χ0) is 18.8. The van der Waals surface area contributed by atoms with E-state index in [9.17, 15) is 14.7 Å². The number of aliphatic hydroxyl groups is 1. The largest absolute Gasteiger partial charge is 0.444 e. The average molecular weight is 341 g/mol. The molecule has 0 aromatic carbocycles. The molecule has 1 atom stereocenters. The van der Waals surface area contributed by atoms with Gasteiger partial charge in [0.1, 0.15) is 22.6 Å². The first-order valence-corrected chi connectivity index (χ1v) is 7.67. The van der Waals surface area contributed by atoms with Crippen LogP contribution in [0.2, 0.25) is 0 Å². The molecule has 8 nitrogen and oxygen atoms in total. The number of hydrogen-bond donors (Lipinski definition) is 2. The van der Waals surface area contributed by atoms with Crippen molar-refractivity contribution in [3.8, 4) is 0 Å². The Morgan fingerprint density at radius 2 is 1.67 bits per heavy atom. The van der Waals surface area contributed by atoms with Crippen LogP contribution in [0.1, 0.15) is 54.3 Å². The van der Waals surface area contributed by atoms with Crippen molar-refractivity contribution < 1.29 is 24.2 Å². The lowest BCUT2D eigenvalue weighted by Crippen LogP contribution is -2.50. The number of carbonyl (C=O) groups excluding carboxylic acids is 2. The van der Waals surface area contributed by atoms with Gasteiger partial charge in [0, 0.05) is 12.4 Å². The van der Waals surface area contributed by atoms with Crippen molar-refractivity contribution in [1.29, 1.82) is 0 Å². The summed E-state index contributed by atoms with van der Waals surface area (Å²) in [6.07, 6.45) is 1.43. The smallest absolute Gasteiger partial charge is 0.420 e. The number of carbonyl (C=O) groups is 2. The maximum atomic E-state index is 12.3. The van der Waals surface area contributed by atoms with E-state index in [2.05, 4.69) is 10.3 Å². The summed E-state index contributed by atoms with van der Waals surface area (Å²) in [6, 6.07) is 0. The van der Waals surface area contributed by atoms with Crippen LogP contribution >= 0.6 is 0 Å². The van der Waals surface area contributed by atoms with Gasteiger partial charge in [0.15, 0.2) is 0 Å². The van der Waals surface area contributed by atoms with E-state index in [1.807, 2.05) is 0 Å². The molecule has 24 heavy (non-hydrogen) atoms. The number of imidazole rings is 1. The van der Waals surface area contributed by atoms with Crippen LogP contribution in [-0.4, -0.2) is 44.7 Å². The van der Waals surface area contributed by atoms with Crippen LogP contribution in [0.15, 0.2) is 12.4 Å². The molecule has 0 aliphatic carbocycles. The SMILES string of the molecule is CC(C)(C)OC(=O)NC(C)(CO)c1nccn1C(=O)OC(C)(C)C. The summed E-state index contributed by atoms with van der Waals surface area (Å²) in [5, 5.41) is 12.3. The number of nitrogens with one attached hydrogen (secondary N) is 1. The Hall–Kier alpha value is -2.09. The molecule has 0 fully saturated rings. The molecule has 1 aromatic rings. The van der Waals surface area contributed by atoms with Crippen molar-refractivity contribution in [2.24, 2.45) is 0 Å². The molecule has 8 heteroatoms. The van der Waals surface area contributed by atoms with Crippen molar-refractivity contribution in [2.45, 2.75) is 65.2 Å². The molecular weight excluding hydrogens is 314 g/mol. The predicted octanol–water partition coefficient (Wildman–Crippen LogP) is 2.40. The Balaban J connectivity index is 3.06. The molecule has 0 aliphatic rings. The molecule has 136 valence electrons. The van der Waals surface area contributed by atoms with Gasteiger partial charge in [-0.3, -0.25) is 0 Å². The van der Waals surface area contributed by atoms with Crippen molar-refractivity contribution in [2.75, 3.05) is 6.61 Å². The zero-order valence-electron chi connectivity index (χ0n) is 15.3. The molecule has 0 radical (unpaired) electrons. The molecule has 2 N–H and O–H groups in total. The number of aliphatic hydroxyl groups excluding tert-OH is 1. The monoisotopic (exact) mass is 341 g/mol. The van der Waals surface area contributed by atoms with E-state index in [4.69, 9.17) is 9.47 Å². The van der Waals surface area contributed by atoms with Gasteiger partial charge in [-0.25, -0.2) is 19.1 Å². The predicted molar refractivity (Wildman–Crippen MR) is 87.7 cm³/mol. The van der Waals surface area contributed by atoms with Crippen LogP contribution in [0.3, 0.4) is 0 Å². The highest BCUT2D eigenvalue weighted by atomic mass is 16.6. The van der Waals surface area contributed by atoms with Crippen LogP contribution in [0.25, 0.3) is 0 Å². The van der Waals surface area contributed by atoms with E-state index >= 15 is 0 Å². The molecule has 1 amide bonds. The number of nitrogens with zero attached hydrogens (tertiary/aromatic N) is 2. The fourth-order valence-corrected chi connectivity index (χ4v) is 1.87. The lowest BCUT2D eigenvalue weighted by Gasteiger charge is -2.30. The molecule has 0 bridgehead atoms. The highest BCUT2D eigenvalue weighted by molar-refractivity contribution is 5.73. The van der Waals surface area contributed by atoms with Crippen molar-refractivity contribution in [3.05, 3.63) is 18.2 Å². The lowest BCUT2D eigenvalue weighted by atomic mass is 10.0. The second kappa shape index (κ2) is 6.80. The molecule has 0 saturated carbocycles. The quantitative estimate of drug-likeness (QED) is 0.875. The Bertz CT molecular complexity index is 598. The molecule has 1 rings (SSSR count). The number of aromatic nitrogens is 2. The van der Waals surface area contributed by atoms with E-state index in [-0.39, 0.29) is 5.82 Å². The molecule has 0 saturated heterocycles. The summed E-state index contributed by atoms with van der Waals surface area (Å²) < 4.78 is 11.7. The molecule has 0 aliphatic heterocycles. The third kappa shape index (κ3) is 5.52. The van der Waals surface area contributed by atoms with Gasteiger partial charge in [-0.1, -0.05) is 0 Å². The fourth-order valence-electron chi connectivity index (χ4n) is 1.87.